The van der Waals surface area contributed by atoms with E-state index < -0.39 is 26.2 Å². The normalized spacial score (nSPS) is 16.5. The van der Waals surface area contributed by atoms with Gasteiger partial charge in [-0.15, -0.1) is 0 Å². The van der Waals surface area contributed by atoms with E-state index in [1.54, 1.807) is 23.0 Å². The summed E-state index contributed by atoms with van der Waals surface area (Å²) >= 11 is 5.76. The lowest BCUT2D eigenvalue weighted by atomic mass is 9.64. The molecule has 172 valence electrons. The SMILES string of the molecule is O=C1Cc2c(OCCn3cccn3)cc(NS(=O)(=O)c3ccc(Cl)cc3F)cc2C12CCC2. The van der Waals surface area contributed by atoms with Gasteiger partial charge in [0, 0.05) is 35.5 Å². The Morgan fingerprint density at radius 3 is 2.73 bits per heavy atom. The van der Waals surface area contributed by atoms with E-state index in [-0.39, 0.29) is 29.5 Å². The number of halogens is 2. The number of carbonyl (C=O) groups is 1. The molecule has 2 aliphatic rings. The van der Waals surface area contributed by atoms with Crippen molar-refractivity contribution in [2.45, 2.75) is 42.5 Å². The van der Waals surface area contributed by atoms with Gasteiger partial charge in [0.1, 0.15) is 28.9 Å². The minimum absolute atomic E-state index is 0.0993. The molecule has 7 nitrogen and oxygen atoms in total. The molecule has 0 unspecified atom stereocenters. The van der Waals surface area contributed by atoms with Crippen molar-refractivity contribution in [1.82, 2.24) is 9.78 Å². The molecule has 2 aliphatic carbocycles. The number of nitrogens with one attached hydrogen (secondary N) is 1. The van der Waals surface area contributed by atoms with Crippen LogP contribution in [-0.4, -0.2) is 30.6 Å². The van der Waals surface area contributed by atoms with Crippen LogP contribution < -0.4 is 9.46 Å². The first kappa shape index (κ1) is 21.9. The minimum Gasteiger partial charge on any atom is -0.491 e. The largest absolute Gasteiger partial charge is 0.491 e. The van der Waals surface area contributed by atoms with E-state index in [2.05, 4.69) is 9.82 Å². The number of ketones is 1. The lowest BCUT2D eigenvalue weighted by Gasteiger charge is -2.37. The van der Waals surface area contributed by atoms with Crippen LogP contribution in [0.2, 0.25) is 5.02 Å². The quantitative estimate of drug-likeness (QED) is 0.539. The lowest BCUT2D eigenvalue weighted by molar-refractivity contribution is -0.125. The molecule has 10 heteroatoms. The van der Waals surface area contributed by atoms with Crippen LogP contribution in [0.1, 0.15) is 30.4 Å². The highest BCUT2D eigenvalue weighted by Gasteiger charge is 2.51. The lowest BCUT2D eigenvalue weighted by Crippen LogP contribution is -2.39. The van der Waals surface area contributed by atoms with Gasteiger partial charge >= 0.3 is 0 Å². The number of sulfonamides is 1. The second-order valence-electron chi connectivity index (χ2n) is 8.33. The first-order chi connectivity index (χ1) is 15.8. The molecule has 0 atom stereocenters. The molecule has 0 bridgehead atoms. The van der Waals surface area contributed by atoms with Crippen LogP contribution in [-0.2, 0) is 33.2 Å². The van der Waals surface area contributed by atoms with Crippen molar-refractivity contribution in [3.63, 3.8) is 0 Å². The number of rotatable bonds is 7. The second kappa shape index (κ2) is 8.14. The van der Waals surface area contributed by atoms with Crippen LogP contribution in [0, 0.1) is 5.82 Å². The predicted molar refractivity (Wildman–Crippen MR) is 121 cm³/mol. The molecule has 1 saturated carbocycles. The molecule has 0 amide bonds. The average Bonchev–Trinajstić information content (AvgIpc) is 3.32. The molecule has 1 aromatic heterocycles. The molecule has 33 heavy (non-hydrogen) atoms. The Bertz CT molecular complexity index is 1340. The molecule has 1 fully saturated rings. The molecule has 0 aliphatic heterocycles. The van der Waals surface area contributed by atoms with E-state index in [0.29, 0.717) is 12.3 Å². The summed E-state index contributed by atoms with van der Waals surface area (Å²) in [7, 11) is -4.23. The van der Waals surface area contributed by atoms with Gasteiger partial charge in [0.2, 0.25) is 0 Å². The third kappa shape index (κ3) is 3.89. The maximum Gasteiger partial charge on any atom is 0.264 e. The molecule has 1 N–H and O–H groups in total. The molecule has 0 radical (unpaired) electrons. The van der Waals surface area contributed by atoms with E-state index >= 15 is 0 Å². The number of carbonyl (C=O) groups excluding carboxylic acids is 1. The maximum absolute atomic E-state index is 14.3. The highest BCUT2D eigenvalue weighted by molar-refractivity contribution is 7.92. The summed E-state index contributed by atoms with van der Waals surface area (Å²) in [5.74, 6) is -0.368. The summed E-state index contributed by atoms with van der Waals surface area (Å²) in [5, 5.41) is 4.24. The van der Waals surface area contributed by atoms with Gasteiger partial charge in [-0.05, 0) is 48.7 Å². The molecule has 3 aromatic rings. The molecule has 1 spiro atoms. The van der Waals surface area contributed by atoms with Crippen molar-refractivity contribution >= 4 is 33.1 Å². The zero-order valence-corrected chi connectivity index (χ0v) is 19.1. The number of ether oxygens (including phenoxy) is 1. The minimum atomic E-state index is -4.23. The Kier molecular flexibility index (Phi) is 5.41. The van der Waals surface area contributed by atoms with Gasteiger partial charge in [-0.25, -0.2) is 12.8 Å². The van der Waals surface area contributed by atoms with Crippen molar-refractivity contribution < 1.29 is 22.3 Å². The molecular formula is C23H21ClFN3O4S. The highest BCUT2D eigenvalue weighted by atomic mass is 35.5. The number of hydrogen-bond acceptors (Lipinski definition) is 5. The Morgan fingerprint density at radius 2 is 2.06 bits per heavy atom. The van der Waals surface area contributed by atoms with Gasteiger partial charge < -0.3 is 4.74 Å². The second-order valence-corrected chi connectivity index (χ2v) is 10.4. The zero-order valence-electron chi connectivity index (χ0n) is 17.6. The Balaban J connectivity index is 1.49. The third-order valence-electron chi connectivity index (χ3n) is 6.38. The summed E-state index contributed by atoms with van der Waals surface area (Å²) in [6.45, 7) is 0.782. The van der Waals surface area contributed by atoms with Crippen LogP contribution in [0.4, 0.5) is 10.1 Å². The standard InChI is InChI=1S/C23H21ClFN3O4S/c24-15-3-4-21(19(25)11-15)33(30,31)27-16-12-18-17(14-22(29)23(18)5-1-6-23)20(13-16)32-10-9-28-8-2-7-26-28/h2-4,7-8,11-13,27H,1,5-6,9-10,14H2. The van der Waals surface area contributed by atoms with Gasteiger partial charge in [0.25, 0.3) is 10.0 Å². The summed E-state index contributed by atoms with van der Waals surface area (Å²) in [5.41, 5.74) is 1.23. The van der Waals surface area contributed by atoms with Crippen molar-refractivity contribution in [2.75, 3.05) is 11.3 Å². The van der Waals surface area contributed by atoms with Gasteiger partial charge in [0.15, 0.2) is 0 Å². The van der Waals surface area contributed by atoms with E-state index in [1.807, 2.05) is 12.3 Å². The van der Waals surface area contributed by atoms with Crippen LogP contribution in [0.15, 0.2) is 53.7 Å². The molecule has 2 aromatic carbocycles. The van der Waals surface area contributed by atoms with Gasteiger partial charge in [-0.1, -0.05) is 18.0 Å². The maximum atomic E-state index is 14.3. The van der Waals surface area contributed by atoms with Gasteiger partial charge in [-0.2, -0.15) is 5.10 Å². The van der Waals surface area contributed by atoms with Crippen LogP contribution >= 0.6 is 11.6 Å². The third-order valence-corrected chi connectivity index (χ3v) is 8.03. The summed E-state index contributed by atoms with van der Waals surface area (Å²) in [4.78, 5) is 12.4. The monoisotopic (exact) mass is 489 g/mol. The predicted octanol–water partition coefficient (Wildman–Crippen LogP) is 4.10. The number of nitrogens with zero attached hydrogens (tertiary/aromatic N) is 2. The zero-order chi connectivity index (χ0) is 23.2. The van der Waals surface area contributed by atoms with E-state index in [1.165, 1.54) is 6.07 Å². The number of benzene rings is 2. The molecule has 5 rings (SSSR count). The number of aromatic nitrogens is 2. The highest BCUT2D eigenvalue weighted by Crippen LogP contribution is 2.53. The van der Waals surface area contributed by atoms with Crippen molar-refractivity contribution in [1.29, 1.82) is 0 Å². The smallest absolute Gasteiger partial charge is 0.264 e. The summed E-state index contributed by atoms with van der Waals surface area (Å²) in [6.07, 6.45) is 6.13. The Labute approximate surface area is 195 Å². The first-order valence-electron chi connectivity index (χ1n) is 10.6. The van der Waals surface area contributed by atoms with Gasteiger partial charge in [-0.3, -0.25) is 14.2 Å². The van der Waals surface area contributed by atoms with E-state index in [4.69, 9.17) is 16.3 Å². The fourth-order valence-corrected chi connectivity index (χ4v) is 5.85. The summed E-state index contributed by atoms with van der Waals surface area (Å²) < 4.78 is 50.3. The topological polar surface area (TPSA) is 90.3 Å². The van der Waals surface area contributed by atoms with E-state index in [0.717, 1.165) is 42.5 Å². The van der Waals surface area contributed by atoms with Crippen LogP contribution in [0.25, 0.3) is 0 Å². The Hall–Kier alpha value is -2.91. The van der Waals surface area contributed by atoms with Crippen LogP contribution in [0.3, 0.4) is 0 Å². The van der Waals surface area contributed by atoms with Crippen molar-refractivity contribution in [2.24, 2.45) is 0 Å². The molecular weight excluding hydrogens is 469 g/mol. The fourth-order valence-electron chi connectivity index (χ4n) is 4.59. The van der Waals surface area contributed by atoms with E-state index in [9.17, 15) is 17.6 Å². The molecule has 0 saturated heterocycles. The first-order valence-corrected chi connectivity index (χ1v) is 12.4. The van der Waals surface area contributed by atoms with Crippen molar-refractivity contribution in [3.05, 3.63) is 70.8 Å². The van der Waals surface area contributed by atoms with Crippen LogP contribution in [0.5, 0.6) is 5.75 Å². The number of hydrogen-bond donors (Lipinski definition) is 1. The van der Waals surface area contributed by atoms with Crippen molar-refractivity contribution in [3.8, 4) is 5.75 Å². The Morgan fingerprint density at radius 1 is 1.24 bits per heavy atom. The summed E-state index contributed by atoms with van der Waals surface area (Å²) in [6, 6.07) is 8.43. The van der Waals surface area contributed by atoms with Gasteiger partial charge in [0.05, 0.1) is 17.6 Å². The number of anilines is 1. The number of fused-ring (bicyclic) bond motifs is 2. The number of Topliss-reactive ketones (excluding diaryl/α,β-unsaturated/α-hetero) is 1. The fraction of sp³-hybridized carbons (Fsp3) is 0.304. The average molecular weight is 490 g/mol. The molecule has 1 heterocycles.